The van der Waals surface area contributed by atoms with Gasteiger partial charge < -0.3 is 15.4 Å². The van der Waals surface area contributed by atoms with Gasteiger partial charge in [0.05, 0.1) is 11.8 Å². The second-order valence-corrected chi connectivity index (χ2v) is 5.51. The highest BCUT2D eigenvalue weighted by atomic mass is 16.5. The lowest BCUT2D eigenvalue weighted by Crippen LogP contribution is -2.20. The van der Waals surface area contributed by atoms with Gasteiger partial charge in [0, 0.05) is 31.3 Å². The first-order valence-corrected chi connectivity index (χ1v) is 8.00. The van der Waals surface area contributed by atoms with Gasteiger partial charge in [-0.1, -0.05) is 36.4 Å². The van der Waals surface area contributed by atoms with E-state index in [1.54, 1.807) is 0 Å². The molecule has 5 nitrogen and oxygen atoms in total. The molecule has 1 unspecified atom stereocenters. The first-order chi connectivity index (χ1) is 11.3. The van der Waals surface area contributed by atoms with Crippen molar-refractivity contribution in [3.8, 4) is 11.3 Å². The van der Waals surface area contributed by atoms with Gasteiger partial charge in [0.25, 0.3) is 0 Å². The Hall–Kier alpha value is -2.40. The fourth-order valence-electron chi connectivity index (χ4n) is 2.56. The summed E-state index contributed by atoms with van der Waals surface area (Å²) in [4.78, 5) is 9.15. The van der Waals surface area contributed by atoms with E-state index in [0.717, 1.165) is 43.1 Å². The number of benzene rings is 1. The van der Waals surface area contributed by atoms with E-state index in [9.17, 15) is 0 Å². The van der Waals surface area contributed by atoms with Gasteiger partial charge in [-0.3, -0.25) is 0 Å². The predicted octanol–water partition coefficient (Wildman–Crippen LogP) is 3.33. The van der Waals surface area contributed by atoms with Gasteiger partial charge in [-0.25, -0.2) is 4.98 Å². The number of aromatic nitrogens is 2. The summed E-state index contributed by atoms with van der Waals surface area (Å²) in [6.07, 6.45) is 4.28. The fraction of sp³-hybridized carbons (Fsp3) is 0.333. The summed E-state index contributed by atoms with van der Waals surface area (Å²) in [5.74, 6) is 1.40. The predicted molar refractivity (Wildman–Crippen MR) is 93.6 cm³/mol. The lowest BCUT2D eigenvalue weighted by atomic mass is 10.1. The van der Waals surface area contributed by atoms with Crippen molar-refractivity contribution in [2.24, 2.45) is 0 Å². The Balaban J connectivity index is 1.80. The third kappa shape index (κ3) is 4.29. The number of nitrogens with zero attached hydrogens (tertiary/aromatic N) is 2. The molecule has 0 amide bonds. The molecule has 0 saturated carbocycles. The summed E-state index contributed by atoms with van der Waals surface area (Å²) < 4.78 is 5.64. The number of hydrogen-bond donors (Lipinski definition) is 2. The number of ether oxygens (including phenoxy) is 1. The second kappa shape index (κ2) is 7.74. The van der Waals surface area contributed by atoms with E-state index in [4.69, 9.17) is 4.74 Å². The number of hydrogen-bond acceptors (Lipinski definition) is 5. The highest BCUT2D eigenvalue weighted by Gasteiger charge is 2.16. The molecule has 1 aromatic heterocycles. The average Bonchev–Trinajstić information content (AvgIpc) is 3.12. The molecular weight excluding hydrogens is 288 g/mol. The van der Waals surface area contributed by atoms with Crippen LogP contribution in [0.25, 0.3) is 11.3 Å². The van der Waals surface area contributed by atoms with Crippen molar-refractivity contribution >= 4 is 11.8 Å². The zero-order valence-corrected chi connectivity index (χ0v) is 13.2. The van der Waals surface area contributed by atoms with E-state index < -0.39 is 0 Å². The molecule has 0 spiro atoms. The van der Waals surface area contributed by atoms with Crippen LogP contribution in [0.3, 0.4) is 0 Å². The van der Waals surface area contributed by atoms with Gasteiger partial charge in [0.15, 0.2) is 0 Å². The van der Waals surface area contributed by atoms with Crippen LogP contribution in [0, 0.1) is 0 Å². The quantitative estimate of drug-likeness (QED) is 0.768. The Morgan fingerprint density at radius 3 is 2.83 bits per heavy atom. The molecule has 5 heteroatoms. The van der Waals surface area contributed by atoms with Gasteiger partial charge in [-0.2, -0.15) is 4.98 Å². The normalized spacial score (nSPS) is 17.0. The van der Waals surface area contributed by atoms with E-state index in [2.05, 4.69) is 27.2 Å². The number of anilines is 2. The van der Waals surface area contributed by atoms with Gasteiger partial charge in [0.2, 0.25) is 5.95 Å². The van der Waals surface area contributed by atoms with E-state index in [1.807, 2.05) is 42.5 Å². The summed E-state index contributed by atoms with van der Waals surface area (Å²) in [6, 6.07) is 12.1. The lowest BCUT2D eigenvalue weighted by Gasteiger charge is -2.13. The van der Waals surface area contributed by atoms with Gasteiger partial charge in [-0.15, -0.1) is 6.58 Å². The van der Waals surface area contributed by atoms with Crippen molar-refractivity contribution in [1.29, 1.82) is 0 Å². The van der Waals surface area contributed by atoms with Crippen LogP contribution in [-0.2, 0) is 4.74 Å². The van der Waals surface area contributed by atoms with Gasteiger partial charge in [-0.05, 0) is 12.8 Å². The third-order valence-electron chi connectivity index (χ3n) is 3.74. The molecule has 2 N–H and O–H groups in total. The number of rotatable bonds is 7. The van der Waals surface area contributed by atoms with Crippen molar-refractivity contribution in [2.75, 3.05) is 30.3 Å². The fourth-order valence-corrected chi connectivity index (χ4v) is 2.56. The summed E-state index contributed by atoms with van der Waals surface area (Å²) in [7, 11) is 0. The minimum atomic E-state index is 0.253. The Bertz CT molecular complexity index is 639. The molecule has 1 saturated heterocycles. The van der Waals surface area contributed by atoms with Crippen LogP contribution in [0.2, 0.25) is 0 Å². The smallest absolute Gasteiger partial charge is 0.225 e. The van der Waals surface area contributed by atoms with Crippen LogP contribution in [0.4, 0.5) is 11.8 Å². The zero-order valence-electron chi connectivity index (χ0n) is 13.2. The maximum atomic E-state index is 5.64. The first kappa shape index (κ1) is 15.5. The van der Waals surface area contributed by atoms with Crippen LogP contribution in [-0.4, -0.2) is 35.8 Å². The minimum Gasteiger partial charge on any atom is -0.376 e. The highest BCUT2D eigenvalue weighted by molar-refractivity contribution is 5.64. The molecule has 1 aliphatic rings. The van der Waals surface area contributed by atoms with Crippen molar-refractivity contribution in [3.63, 3.8) is 0 Å². The van der Waals surface area contributed by atoms with Crippen LogP contribution >= 0.6 is 0 Å². The van der Waals surface area contributed by atoms with Gasteiger partial charge >= 0.3 is 0 Å². The van der Waals surface area contributed by atoms with E-state index in [-0.39, 0.29) is 6.10 Å². The van der Waals surface area contributed by atoms with E-state index in [1.165, 1.54) is 0 Å². The SMILES string of the molecule is C=CCNc1cc(-c2ccccc2)nc(NCC2CCCO2)n1. The summed E-state index contributed by atoms with van der Waals surface area (Å²) in [5.41, 5.74) is 1.96. The highest BCUT2D eigenvalue weighted by Crippen LogP contribution is 2.21. The van der Waals surface area contributed by atoms with Gasteiger partial charge in [0.1, 0.15) is 5.82 Å². The Morgan fingerprint density at radius 1 is 1.22 bits per heavy atom. The topological polar surface area (TPSA) is 59.1 Å². The monoisotopic (exact) mass is 310 g/mol. The molecular formula is C18H22N4O. The molecule has 2 aromatic rings. The van der Waals surface area contributed by atoms with E-state index in [0.29, 0.717) is 12.5 Å². The molecule has 1 atom stereocenters. The second-order valence-electron chi connectivity index (χ2n) is 5.51. The molecule has 3 rings (SSSR count). The third-order valence-corrected chi connectivity index (χ3v) is 3.74. The van der Waals surface area contributed by atoms with Crippen molar-refractivity contribution in [3.05, 3.63) is 49.1 Å². The number of nitrogens with one attached hydrogen (secondary N) is 2. The Labute approximate surface area is 136 Å². The minimum absolute atomic E-state index is 0.253. The molecule has 23 heavy (non-hydrogen) atoms. The molecule has 0 bridgehead atoms. The Morgan fingerprint density at radius 2 is 2.09 bits per heavy atom. The summed E-state index contributed by atoms with van der Waals surface area (Å²) in [6.45, 7) is 5.98. The molecule has 0 radical (unpaired) electrons. The summed E-state index contributed by atoms with van der Waals surface area (Å²) >= 11 is 0. The molecule has 120 valence electrons. The Kier molecular flexibility index (Phi) is 5.21. The van der Waals surface area contributed by atoms with Crippen LogP contribution < -0.4 is 10.6 Å². The molecule has 2 heterocycles. The molecule has 0 aliphatic carbocycles. The van der Waals surface area contributed by atoms with Crippen LogP contribution in [0.1, 0.15) is 12.8 Å². The van der Waals surface area contributed by atoms with Crippen molar-refractivity contribution < 1.29 is 4.74 Å². The maximum absolute atomic E-state index is 5.64. The van der Waals surface area contributed by atoms with Crippen molar-refractivity contribution in [1.82, 2.24) is 9.97 Å². The molecule has 1 fully saturated rings. The van der Waals surface area contributed by atoms with Crippen molar-refractivity contribution in [2.45, 2.75) is 18.9 Å². The first-order valence-electron chi connectivity index (χ1n) is 8.00. The van der Waals surface area contributed by atoms with Crippen LogP contribution in [0.5, 0.6) is 0 Å². The molecule has 1 aromatic carbocycles. The maximum Gasteiger partial charge on any atom is 0.225 e. The average molecular weight is 310 g/mol. The van der Waals surface area contributed by atoms with E-state index >= 15 is 0 Å². The van der Waals surface area contributed by atoms with Crippen LogP contribution in [0.15, 0.2) is 49.1 Å². The standard InChI is InChI=1S/C18H22N4O/c1-2-10-19-17-12-16(14-7-4-3-5-8-14)21-18(22-17)20-13-15-9-6-11-23-15/h2-5,7-8,12,15H,1,6,9-11,13H2,(H2,19,20,21,22). The zero-order chi connectivity index (χ0) is 15.9. The lowest BCUT2D eigenvalue weighted by molar-refractivity contribution is 0.120. The largest absolute Gasteiger partial charge is 0.376 e. The molecule has 1 aliphatic heterocycles. The summed E-state index contributed by atoms with van der Waals surface area (Å²) in [5, 5.41) is 6.53.